The molecular formula is C24H28N2O7. The number of methoxy groups -OCH3 is 1. The fourth-order valence-corrected chi connectivity index (χ4v) is 2.63. The van der Waals surface area contributed by atoms with E-state index in [4.69, 9.17) is 14.2 Å². The molecule has 0 aliphatic carbocycles. The van der Waals surface area contributed by atoms with Gasteiger partial charge in [0.2, 0.25) is 6.79 Å². The van der Waals surface area contributed by atoms with Gasteiger partial charge in [0.1, 0.15) is 0 Å². The summed E-state index contributed by atoms with van der Waals surface area (Å²) in [6.07, 6.45) is 0.640. The molecule has 0 aliphatic heterocycles. The van der Waals surface area contributed by atoms with Gasteiger partial charge in [-0.3, -0.25) is 4.79 Å². The lowest BCUT2D eigenvalue weighted by Gasteiger charge is -2.16. The molecule has 2 amide bonds. The number of benzene rings is 2. The van der Waals surface area contributed by atoms with Gasteiger partial charge in [-0.25, -0.2) is 14.4 Å². The van der Waals surface area contributed by atoms with Gasteiger partial charge in [-0.05, 0) is 51.0 Å². The summed E-state index contributed by atoms with van der Waals surface area (Å²) in [6, 6.07) is 13.1. The number of anilines is 1. The number of nitrogens with one attached hydrogen (secondary N) is 2. The Kier molecular flexibility index (Phi) is 8.97. The Morgan fingerprint density at radius 3 is 2.12 bits per heavy atom. The summed E-state index contributed by atoms with van der Waals surface area (Å²) in [6.45, 7) is 4.81. The molecule has 0 bridgehead atoms. The highest BCUT2D eigenvalue weighted by Crippen LogP contribution is 2.18. The standard InChI is InChI=1S/C24H28N2O7/c1-24(2,3)22(29)33-15-32-21(28)18-12-17(20(27)31-4)13-19(14-18)26-23(30)25-11-10-16-8-6-5-7-9-16/h5-9,12-14H,10-11,15H2,1-4H3,(H2,25,26,30). The first-order chi connectivity index (χ1) is 15.6. The first-order valence-corrected chi connectivity index (χ1v) is 10.3. The van der Waals surface area contributed by atoms with E-state index in [1.165, 1.54) is 25.3 Å². The van der Waals surface area contributed by atoms with E-state index in [-0.39, 0.29) is 16.8 Å². The molecule has 0 saturated heterocycles. The number of carbonyl (C=O) groups is 4. The second kappa shape index (κ2) is 11.7. The van der Waals surface area contributed by atoms with Gasteiger partial charge in [0.25, 0.3) is 0 Å². The third kappa shape index (κ3) is 8.29. The second-order valence-corrected chi connectivity index (χ2v) is 8.14. The van der Waals surface area contributed by atoms with Crippen molar-refractivity contribution in [3.63, 3.8) is 0 Å². The Bertz CT molecular complexity index is 998. The Hall–Kier alpha value is -3.88. The first-order valence-electron chi connectivity index (χ1n) is 10.3. The fourth-order valence-electron chi connectivity index (χ4n) is 2.63. The Balaban J connectivity index is 2.02. The molecular weight excluding hydrogens is 428 g/mol. The average Bonchev–Trinajstić information content (AvgIpc) is 2.78. The van der Waals surface area contributed by atoms with E-state index in [0.29, 0.717) is 13.0 Å². The molecule has 0 radical (unpaired) electrons. The van der Waals surface area contributed by atoms with Gasteiger partial charge in [-0.1, -0.05) is 30.3 Å². The van der Waals surface area contributed by atoms with Crippen LogP contribution in [0.1, 0.15) is 47.1 Å². The first kappa shape index (κ1) is 25.4. The smallest absolute Gasteiger partial charge is 0.341 e. The number of amides is 2. The zero-order valence-corrected chi connectivity index (χ0v) is 19.1. The van der Waals surface area contributed by atoms with Crippen LogP contribution in [-0.4, -0.2) is 44.4 Å². The minimum absolute atomic E-state index is 0.0238. The van der Waals surface area contributed by atoms with E-state index >= 15 is 0 Å². The summed E-state index contributed by atoms with van der Waals surface area (Å²) in [4.78, 5) is 48.5. The van der Waals surface area contributed by atoms with Gasteiger partial charge in [-0.15, -0.1) is 0 Å². The Morgan fingerprint density at radius 2 is 1.52 bits per heavy atom. The highest BCUT2D eigenvalue weighted by Gasteiger charge is 2.23. The van der Waals surface area contributed by atoms with Gasteiger partial charge < -0.3 is 24.8 Å². The molecule has 0 spiro atoms. The average molecular weight is 456 g/mol. The summed E-state index contributed by atoms with van der Waals surface area (Å²) in [5, 5.41) is 5.30. The predicted molar refractivity (Wildman–Crippen MR) is 121 cm³/mol. The molecule has 0 saturated carbocycles. The number of ether oxygens (including phenoxy) is 3. The summed E-state index contributed by atoms with van der Waals surface area (Å²) in [5.41, 5.74) is 0.529. The van der Waals surface area contributed by atoms with Crippen molar-refractivity contribution in [3.05, 3.63) is 65.2 Å². The highest BCUT2D eigenvalue weighted by atomic mass is 16.7. The van der Waals surface area contributed by atoms with Gasteiger partial charge in [0.15, 0.2) is 0 Å². The molecule has 2 aromatic carbocycles. The maximum atomic E-state index is 12.4. The van der Waals surface area contributed by atoms with Crippen molar-refractivity contribution in [1.29, 1.82) is 0 Å². The number of rotatable bonds is 8. The molecule has 0 fully saturated rings. The zero-order chi connectivity index (χ0) is 24.4. The summed E-state index contributed by atoms with van der Waals surface area (Å²) in [5.74, 6) is -2.07. The molecule has 0 heterocycles. The van der Waals surface area contributed by atoms with Crippen molar-refractivity contribution >= 4 is 29.6 Å². The van der Waals surface area contributed by atoms with Crippen molar-refractivity contribution in [3.8, 4) is 0 Å². The molecule has 9 heteroatoms. The van der Waals surface area contributed by atoms with Crippen molar-refractivity contribution < 1.29 is 33.4 Å². The van der Waals surface area contributed by atoms with Crippen molar-refractivity contribution in [2.45, 2.75) is 27.2 Å². The number of hydrogen-bond donors (Lipinski definition) is 2. The molecule has 176 valence electrons. The maximum absolute atomic E-state index is 12.4. The molecule has 2 aromatic rings. The topological polar surface area (TPSA) is 120 Å². The van der Waals surface area contributed by atoms with Crippen molar-refractivity contribution in [2.75, 3.05) is 25.8 Å². The summed E-state index contributed by atoms with van der Waals surface area (Å²) < 4.78 is 14.6. The van der Waals surface area contributed by atoms with Gasteiger partial charge in [0.05, 0.1) is 23.7 Å². The number of urea groups is 1. The van der Waals surface area contributed by atoms with Gasteiger partial charge in [-0.2, -0.15) is 0 Å². The van der Waals surface area contributed by atoms with Gasteiger partial charge >= 0.3 is 23.9 Å². The molecule has 0 atom stereocenters. The molecule has 0 aliphatic rings. The molecule has 0 unspecified atom stereocenters. The van der Waals surface area contributed by atoms with Crippen LogP contribution in [0, 0.1) is 5.41 Å². The highest BCUT2D eigenvalue weighted by molar-refractivity contribution is 5.99. The lowest BCUT2D eigenvalue weighted by molar-refractivity contribution is -0.161. The molecule has 2 rings (SSSR count). The van der Waals surface area contributed by atoms with Crippen molar-refractivity contribution in [1.82, 2.24) is 5.32 Å². The van der Waals surface area contributed by atoms with E-state index < -0.39 is 36.1 Å². The van der Waals surface area contributed by atoms with Crippen LogP contribution in [0.3, 0.4) is 0 Å². The third-order valence-corrected chi connectivity index (χ3v) is 4.38. The van der Waals surface area contributed by atoms with Gasteiger partial charge in [0, 0.05) is 12.2 Å². The van der Waals surface area contributed by atoms with Crippen LogP contribution in [-0.2, 0) is 25.4 Å². The maximum Gasteiger partial charge on any atom is 0.341 e. The number of carbonyl (C=O) groups excluding carboxylic acids is 4. The van der Waals surface area contributed by atoms with E-state index in [0.717, 1.165) is 5.56 Å². The SMILES string of the molecule is COC(=O)c1cc(NC(=O)NCCc2ccccc2)cc(C(=O)OCOC(=O)C(C)(C)C)c1. The lowest BCUT2D eigenvalue weighted by Crippen LogP contribution is -2.30. The second-order valence-electron chi connectivity index (χ2n) is 8.14. The number of esters is 3. The minimum atomic E-state index is -0.838. The van der Waals surface area contributed by atoms with Crippen LogP contribution < -0.4 is 10.6 Å². The Labute approximate surface area is 192 Å². The largest absolute Gasteiger partial charge is 0.465 e. The fraction of sp³-hybridized carbons (Fsp3) is 0.333. The summed E-state index contributed by atoms with van der Waals surface area (Å²) in [7, 11) is 1.20. The summed E-state index contributed by atoms with van der Waals surface area (Å²) >= 11 is 0. The third-order valence-electron chi connectivity index (χ3n) is 4.38. The molecule has 0 aromatic heterocycles. The predicted octanol–water partition coefficient (Wildman–Crippen LogP) is 3.54. The van der Waals surface area contributed by atoms with Crippen LogP contribution in [0.2, 0.25) is 0 Å². The normalized spacial score (nSPS) is 10.7. The quantitative estimate of drug-likeness (QED) is 0.460. The van der Waals surface area contributed by atoms with Crippen molar-refractivity contribution in [2.24, 2.45) is 5.41 Å². The molecule has 2 N–H and O–H groups in total. The van der Waals surface area contributed by atoms with Crippen LogP contribution in [0.5, 0.6) is 0 Å². The van der Waals surface area contributed by atoms with Crippen LogP contribution in [0.25, 0.3) is 0 Å². The molecule has 9 nitrogen and oxygen atoms in total. The van der Waals surface area contributed by atoms with E-state index in [1.54, 1.807) is 20.8 Å². The monoisotopic (exact) mass is 456 g/mol. The van der Waals surface area contributed by atoms with E-state index in [9.17, 15) is 19.2 Å². The van der Waals surface area contributed by atoms with Crippen LogP contribution in [0.15, 0.2) is 48.5 Å². The zero-order valence-electron chi connectivity index (χ0n) is 19.1. The van der Waals surface area contributed by atoms with Crippen LogP contribution in [0.4, 0.5) is 10.5 Å². The minimum Gasteiger partial charge on any atom is -0.465 e. The molecule has 33 heavy (non-hydrogen) atoms. The lowest BCUT2D eigenvalue weighted by atomic mass is 9.98. The van der Waals surface area contributed by atoms with Crippen LogP contribution >= 0.6 is 0 Å². The van der Waals surface area contributed by atoms with E-state index in [1.807, 2.05) is 30.3 Å². The Morgan fingerprint density at radius 1 is 0.879 bits per heavy atom. The van der Waals surface area contributed by atoms with E-state index in [2.05, 4.69) is 10.6 Å². The number of hydrogen-bond acceptors (Lipinski definition) is 7.